The molecule has 2 aromatic rings. The van der Waals surface area contributed by atoms with E-state index in [9.17, 15) is 9.90 Å². The minimum atomic E-state index is -0.310. The molecule has 0 heterocycles. The summed E-state index contributed by atoms with van der Waals surface area (Å²) in [4.78, 5) is 12.0. The average Bonchev–Trinajstić information content (AvgIpc) is 2.39. The first-order valence-electron chi connectivity index (χ1n) is 6.27. The highest BCUT2D eigenvalue weighted by Gasteiger charge is 2.10. The summed E-state index contributed by atoms with van der Waals surface area (Å²) in [7, 11) is 0. The normalized spacial score (nSPS) is 10.5. The summed E-state index contributed by atoms with van der Waals surface area (Å²) < 4.78 is 0. The lowest BCUT2D eigenvalue weighted by Crippen LogP contribution is -2.11. The molecule has 3 nitrogen and oxygen atoms in total. The second kappa shape index (κ2) is 5.57. The van der Waals surface area contributed by atoms with E-state index in [1.807, 2.05) is 24.3 Å². The average molecular weight is 255 g/mol. The van der Waals surface area contributed by atoms with Crippen LogP contribution in [0.4, 0.5) is 5.69 Å². The topological polar surface area (TPSA) is 49.3 Å². The molecule has 0 bridgehead atoms. The number of anilines is 1. The summed E-state index contributed by atoms with van der Waals surface area (Å²) in [6.45, 7) is 4.24. The fraction of sp³-hybridized carbons (Fsp3) is 0.188. The van der Waals surface area contributed by atoms with Crippen LogP contribution in [-0.4, -0.2) is 11.0 Å². The number of carbonyl (C=O) groups is 1. The van der Waals surface area contributed by atoms with Crippen molar-refractivity contribution in [2.75, 3.05) is 5.32 Å². The van der Waals surface area contributed by atoms with Gasteiger partial charge in [-0.15, -0.1) is 0 Å². The number of nitrogens with one attached hydrogen (secondary N) is 1. The van der Waals surface area contributed by atoms with E-state index in [2.05, 4.69) is 19.2 Å². The molecule has 0 aliphatic carbocycles. The second-order valence-electron chi connectivity index (χ2n) is 4.75. The van der Waals surface area contributed by atoms with Gasteiger partial charge in [0.1, 0.15) is 5.75 Å². The van der Waals surface area contributed by atoms with E-state index in [0.717, 1.165) is 5.69 Å². The van der Waals surface area contributed by atoms with E-state index < -0.39 is 0 Å². The van der Waals surface area contributed by atoms with Gasteiger partial charge in [0.05, 0.1) is 5.56 Å². The quantitative estimate of drug-likeness (QED) is 0.877. The van der Waals surface area contributed by atoms with Gasteiger partial charge in [-0.3, -0.25) is 4.79 Å². The van der Waals surface area contributed by atoms with Crippen molar-refractivity contribution in [3.05, 3.63) is 59.7 Å². The molecular weight excluding hydrogens is 238 g/mol. The number of rotatable bonds is 3. The Kier molecular flexibility index (Phi) is 3.85. The van der Waals surface area contributed by atoms with Gasteiger partial charge in [0.15, 0.2) is 0 Å². The summed E-state index contributed by atoms with van der Waals surface area (Å²) in [5, 5.41) is 12.4. The van der Waals surface area contributed by atoms with Crippen molar-refractivity contribution in [2.45, 2.75) is 19.8 Å². The largest absolute Gasteiger partial charge is 0.507 e. The molecule has 98 valence electrons. The monoisotopic (exact) mass is 255 g/mol. The van der Waals surface area contributed by atoms with Gasteiger partial charge in [-0.1, -0.05) is 38.1 Å². The molecule has 0 aromatic heterocycles. The Morgan fingerprint density at radius 3 is 2.26 bits per heavy atom. The fourth-order valence-corrected chi connectivity index (χ4v) is 1.82. The van der Waals surface area contributed by atoms with Gasteiger partial charge in [-0.05, 0) is 35.7 Å². The maximum Gasteiger partial charge on any atom is 0.259 e. The van der Waals surface area contributed by atoms with Crippen molar-refractivity contribution in [1.29, 1.82) is 0 Å². The lowest BCUT2D eigenvalue weighted by molar-refractivity contribution is 0.102. The molecule has 3 heteroatoms. The zero-order valence-corrected chi connectivity index (χ0v) is 11.1. The molecule has 2 rings (SSSR count). The lowest BCUT2D eigenvalue weighted by atomic mass is 10.0. The lowest BCUT2D eigenvalue weighted by Gasteiger charge is -2.09. The first kappa shape index (κ1) is 13.1. The van der Waals surface area contributed by atoms with E-state index in [0.29, 0.717) is 5.92 Å². The molecule has 2 aromatic carbocycles. The summed E-state index contributed by atoms with van der Waals surface area (Å²) >= 11 is 0. The van der Waals surface area contributed by atoms with Gasteiger partial charge < -0.3 is 10.4 Å². The number of hydrogen-bond donors (Lipinski definition) is 2. The Labute approximate surface area is 112 Å². The molecule has 19 heavy (non-hydrogen) atoms. The van der Waals surface area contributed by atoms with Crippen LogP contribution in [0.15, 0.2) is 48.5 Å². The van der Waals surface area contributed by atoms with Crippen molar-refractivity contribution in [3.8, 4) is 5.75 Å². The van der Waals surface area contributed by atoms with Gasteiger partial charge >= 0.3 is 0 Å². The maximum absolute atomic E-state index is 12.0. The number of carbonyl (C=O) groups excluding carboxylic acids is 1. The van der Waals surface area contributed by atoms with E-state index in [-0.39, 0.29) is 17.2 Å². The Bertz CT molecular complexity index is 574. The van der Waals surface area contributed by atoms with Crippen LogP contribution in [0.3, 0.4) is 0 Å². The number of phenolic OH excluding ortho intramolecular Hbond substituents is 1. The summed E-state index contributed by atoms with van der Waals surface area (Å²) in [6.07, 6.45) is 0. The first-order valence-corrected chi connectivity index (χ1v) is 6.27. The molecule has 0 fully saturated rings. The Hall–Kier alpha value is -2.29. The number of phenols is 1. The van der Waals surface area contributed by atoms with E-state index in [4.69, 9.17) is 0 Å². The first-order chi connectivity index (χ1) is 9.08. The third kappa shape index (κ3) is 3.13. The standard InChI is InChI=1S/C16H17NO2/c1-11(2)12-7-9-13(10-8-12)17-16(19)14-5-3-4-6-15(14)18/h3-11,18H,1-2H3,(H,17,19). The second-order valence-corrected chi connectivity index (χ2v) is 4.75. The Morgan fingerprint density at radius 2 is 1.68 bits per heavy atom. The van der Waals surface area contributed by atoms with Crippen molar-refractivity contribution < 1.29 is 9.90 Å². The van der Waals surface area contributed by atoms with Crippen molar-refractivity contribution in [1.82, 2.24) is 0 Å². The van der Waals surface area contributed by atoms with E-state index in [1.54, 1.807) is 18.2 Å². The zero-order chi connectivity index (χ0) is 13.8. The number of para-hydroxylation sites is 1. The Morgan fingerprint density at radius 1 is 1.05 bits per heavy atom. The Balaban J connectivity index is 2.13. The van der Waals surface area contributed by atoms with Crippen molar-refractivity contribution >= 4 is 11.6 Å². The highest BCUT2D eigenvalue weighted by molar-refractivity contribution is 6.06. The molecule has 0 aliphatic heterocycles. The summed E-state index contributed by atoms with van der Waals surface area (Å²) in [5.41, 5.74) is 2.22. The van der Waals surface area contributed by atoms with Gasteiger partial charge in [-0.2, -0.15) is 0 Å². The van der Waals surface area contributed by atoms with E-state index in [1.165, 1.54) is 11.6 Å². The van der Waals surface area contributed by atoms with Gasteiger partial charge in [0, 0.05) is 5.69 Å². The van der Waals surface area contributed by atoms with Crippen LogP contribution in [-0.2, 0) is 0 Å². The number of amides is 1. The van der Waals surface area contributed by atoms with Crippen molar-refractivity contribution in [2.24, 2.45) is 0 Å². The molecule has 0 spiro atoms. The molecule has 0 unspecified atom stereocenters. The minimum absolute atomic E-state index is 0.0150. The predicted octanol–water partition coefficient (Wildman–Crippen LogP) is 3.77. The van der Waals surface area contributed by atoms with Gasteiger partial charge in [0.2, 0.25) is 0 Å². The summed E-state index contributed by atoms with van der Waals surface area (Å²) in [6, 6.07) is 14.2. The highest BCUT2D eigenvalue weighted by atomic mass is 16.3. The smallest absolute Gasteiger partial charge is 0.259 e. The third-order valence-electron chi connectivity index (χ3n) is 2.98. The van der Waals surface area contributed by atoms with Crippen molar-refractivity contribution in [3.63, 3.8) is 0 Å². The SMILES string of the molecule is CC(C)c1ccc(NC(=O)c2ccccc2O)cc1. The van der Waals surface area contributed by atoms with Crippen LogP contribution in [0.5, 0.6) is 5.75 Å². The molecule has 0 aliphatic rings. The number of benzene rings is 2. The van der Waals surface area contributed by atoms with Crippen LogP contribution in [0.1, 0.15) is 35.7 Å². The molecular formula is C16H17NO2. The van der Waals surface area contributed by atoms with Gasteiger partial charge in [0.25, 0.3) is 5.91 Å². The third-order valence-corrected chi connectivity index (χ3v) is 2.98. The number of aromatic hydroxyl groups is 1. The van der Waals surface area contributed by atoms with E-state index >= 15 is 0 Å². The molecule has 2 N–H and O–H groups in total. The zero-order valence-electron chi connectivity index (χ0n) is 11.1. The van der Waals surface area contributed by atoms with Crippen LogP contribution in [0.25, 0.3) is 0 Å². The number of hydrogen-bond acceptors (Lipinski definition) is 2. The van der Waals surface area contributed by atoms with Crippen LogP contribution >= 0.6 is 0 Å². The molecule has 0 saturated heterocycles. The fourth-order valence-electron chi connectivity index (χ4n) is 1.82. The van der Waals surface area contributed by atoms with Crippen LogP contribution in [0.2, 0.25) is 0 Å². The molecule has 0 radical (unpaired) electrons. The predicted molar refractivity (Wildman–Crippen MR) is 76.6 cm³/mol. The minimum Gasteiger partial charge on any atom is -0.507 e. The highest BCUT2D eigenvalue weighted by Crippen LogP contribution is 2.20. The molecule has 0 atom stereocenters. The van der Waals surface area contributed by atoms with Crippen LogP contribution in [0, 0.1) is 0 Å². The van der Waals surface area contributed by atoms with Crippen LogP contribution < -0.4 is 5.32 Å². The summed E-state index contributed by atoms with van der Waals surface area (Å²) in [5.74, 6) is 0.136. The molecule has 1 amide bonds. The maximum atomic E-state index is 12.0. The molecule has 0 saturated carbocycles. The van der Waals surface area contributed by atoms with Gasteiger partial charge in [-0.25, -0.2) is 0 Å².